The number of aliphatic hydroxyl groups is 1. The van der Waals surface area contributed by atoms with Crippen LogP contribution in [0, 0.1) is 13.8 Å². The topological polar surface area (TPSA) is 102 Å². The second-order valence-corrected chi connectivity index (χ2v) is 7.39. The lowest BCUT2D eigenvalue weighted by atomic mass is 9.94. The Bertz CT molecular complexity index is 1240. The molecule has 1 fully saturated rings. The first-order valence-corrected chi connectivity index (χ1v) is 9.89. The number of anilines is 1. The molecule has 2 aromatic carbocycles. The number of carbonyl (C=O) groups is 2. The molecule has 3 aromatic rings. The third-order valence-electron chi connectivity index (χ3n) is 5.41. The Labute approximate surface area is 184 Å². The van der Waals surface area contributed by atoms with Crippen molar-refractivity contribution in [2.75, 3.05) is 19.1 Å². The number of aromatic nitrogens is 1. The standard InChI is InChI=1S/C24H22N2O6/c1-13-11-15(9-10-17(13)30-3)22(27)20-21(16-7-5-6-8-18(16)31-4)26(24(29)23(20)28)19-12-14(2)32-25-19/h5-12,21,27H,1-4H3/b22-20+/t21-/m0/s1. The lowest BCUT2D eigenvalue weighted by Gasteiger charge is -2.24. The zero-order valence-corrected chi connectivity index (χ0v) is 18.1. The summed E-state index contributed by atoms with van der Waals surface area (Å²) < 4.78 is 15.9. The fraction of sp³-hybridized carbons (Fsp3) is 0.208. The number of amides is 1. The Kier molecular flexibility index (Phi) is 5.44. The van der Waals surface area contributed by atoms with Crippen molar-refractivity contribution in [3.05, 3.63) is 76.6 Å². The summed E-state index contributed by atoms with van der Waals surface area (Å²) in [5, 5.41) is 15.1. The number of ether oxygens (including phenoxy) is 2. The van der Waals surface area contributed by atoms with E-state index in [0.717, 1.165) is 5.56 Å². The number of ketones is 1. The molecule has 1 saturated heterocycles. The normalized spacial score (nSPS) is 17.6. The number of aliphatic hydroxyl groups excluding tert-OH is 1. The molecule has 1 amide bonds. The number of methoxy groups -OCH3 is 2. The first-order valence-electron chi connectivity index (χ1n) is 9.89. The number of para-hydroxylation sites is 1. The van der Waals surface area contributed by atoms with Crippen LogP contribution in [0.1, 0.15) is 28.5 Å². The molecule has 0 bridgehead atoms. The number of aryl methyl sites for hydroxylation is 2. The van der Waals surface area contributed by atoms with Crippen LogP contribution in [0.2, 0.25) is 0 Å². The molecule has 0 radical (unpaired) electrons. The summed E-state index contributed by atoms with van der Waals surface area (Å²) in [6.07, 6.45) is 0. The van der Waals surface area contributed by atoms with Gasteiger partial charge in [-0.15, -0.1) is 0 Å². The van der Waals surface area contributed by atoms with Gasteiger partial charge in [-0.3, -0.25) is 14.5 Å². The zero-order chi connectivity index (χ0) is 23.0. The van der Waals surface area contributed by atoms with E-state index in [9.17, 15) is 14.7 Å². The van der Waals surface area contributed by atoms with Crippen LogP contribution in [0.25, 0.3) is 5.76 Å². The molecule has 2 heterocycles. The van der Waals surface area contributed by atoms with Gasteiger partial charge in [0.05, 0.1) is 19.8 Å². The maximum Gasteiger partial charge on any atom is 0.301 e. The lowest BCUT2D eigenvalue weighted by molar-refractivity contribution is -0.132. The fourth-order valence-corrected chi connectivity index (χ4v) is 3.90. The van der Waals surface area contributed by atoms with Gasteiger partial charge in [0, 0.05) is 17.2 Å². The van der Waals surface area contributed by atoms with Crippen molar-refractivity contribution in [1.82, 2.24) is 5.16 Å². The van der Waals surface area contributed by atoms with E-state index in [4.69, 9.17) is 14.0 Å². The lowest BCUT2D eigenvalue weighted by Crippen LogP contribution is -2.29. The summed E-state index contributed by atoms with van der Waals surface area (Å²) in [5.41, 5.74) is 1.62. The number of hydrogen-bond acceptors (Lipinski definition) is 7. The smallest absolute Gasteiger partial charge is 0.301 e. The molecule has 8 nitrogen and oxygen atoms in total. The number of rotatable bonds is 5. The van der Waals surface area contributed by atoms with Crippen LogP contribution in [0.4, 0.5) is 5.82 Å². The van der Waals surface area contributed by atoms with E-state index in [-0.39, 0.29) is 17.2 Å². The van der Waals surface area contributed by atoms with Gasteiger partial charge in [0.25, 0.3) is 5.78 Å². The Morgan fingerprint density at radius 2 is 1.75 bits per heavy atom. The molecule has 1 atom stereocenters. The van der Waals surface area contributed by atoms with Crippen LogP contribution in [-0.2, 0) is 9.59 Å². The molecule has 4 rings (SSSR count). The van der Waals surface area contributed by atoms with Gasteiger partial charge in [-0.2, -0.15) is 0 Å². The number of benzene rings is 2. The van der Waals surface area contributed by atoms with Crippen molar-refractivity contribution in [3.63, 3.8) is 0 Å². The van der Waals surface area contributed by atoms with Gasteiger partial charge in [0.1, 0.15) is 29.1 Å². The molecule has 1 N–H and O–H groups in total. The van der Waals surface area contributed by atoms with E-state index in [2.05, 4.69) is 5.16 Å². The Hall–Kier alpha value is -4.07. The van der Waals surface area contributed by atoms with Crippen LogP contribution < -0.4 is 14.4 Å². The Balaban J connectivity index is 1.97. The molecule has 164 valence electrons. The van der Waals surface area contributed by atoms with Gasteiger partial charge in [0.15, 0.2) is 5.82 Å². The van der Waals surface area contributed by atoms with Crippen molar-refractivity contribution >= 4 is 23.3 Å². The molecule has 1 aliphatic heterocycles. The first-order chi connectivity index (χ1) is 15.4. The fourth-order valence-electron chi connectivity index (χ4n) is 3.90. The number of nitrogens with zero attached hydrogens (tertiary/aromatic N) is 2. The highest BCUT2D eigenvalue weighted by Gasteiger charge is 2.49. The summed E-state index contributed by atoms with van der Waals surface area (Å²) >= 11 is 0. The maximum absolute atomic E-state index is 13.2. The minimum Gasteiger partial charge on any atom is -0.507 e. The average Bonchev–Trinajstić information content (AvgIpc) is 3.33. The Morgan fingerprint density at radius 1 is 1.03 bits per heavy atom. The monoisotopic (exact) mass is 434 g/mol. The highest BCUT2D eigenvalue weighted by molar-refractivity contribution is 6.51. The van der Waals surface area contributed by atoms with E-state index >= 15 is 0 Å². The molecule has 1 aliphatic rings. The molecule has 1 aromatic heterocycles. The second-order valence-electron chi connectivity index (χ2n) is 7.39. The van der Waals surface area contributed by atoms with Gasteiger partial charge in [-0.05, 0) is 43.7 Å². The average molecular weight is 434 g/mol. The van der Waals surface area contributed by atoms with Crippen LogP contribution >= 0.6 is 0 Å². The molecule has 0 aliphatic carbocycles. The third kappa shape index (κ3) is 3.39. The Morgan fingerprint density at radius 3 is 2.38 bits per heavy atom. The van der Waals surface area contributed by atoms with Gasteiger partial charge in [0.2, 0.25) is 0 Å². The van der Waals surface area contributed by atoms with Crippen LogP contribution in [0.5, 0.6) is 11.5 Å². The number of carbonyl (C=O) groups excluding carboxylic acids is 2. The van der Waals surface area contributed by atoms with E-state index in [1.807, 2.05) is 6.92 Å². The number of hydrogen-bond donors (Lipinski definition) is 1. The minimum absolute atomic E-state index is 0.0651. The van der Waals surface area contributed by atoms with E-state index in [1.54, 1.807) is 62.6 Å². The van der Waals surface area contributed by atoms with Crippen molar-refractivity contribution in [3.8, 4) is 11.5 Å². The SMILES string of the molecule is COc1ccc(/C(O)=C2\C(=O)C(=O)N(c3cc(C)on3)[C@H]2c2ccccc2OC)cc1C. The molecule has 0 spiro atoms. The van der Waals surface area contributed by atoms with E-state index in [1.165, 1.54) is 12.0 Å². The summed E-state index contributed by atoms with van der Waals surface area (Å²) in [5.74, 6) is -0.194. The van der Waals surface area contributed by atoms with Gasteiger partial charge in [-0.25, -0.2) is 0 Å². The number of Topliss-reactive ketones (excluding diaryl/α,β-unsaturated/α-hetero) is 1. The summed E-state index contributed by atoms with van der Waals surface area (Å²) in [6, 6.07) is 12.6. The molecule has 0 saturated carbocycles. The van der Waals surface area contributed by atoms with Crippen molar-refractivity contribution in [2.45, 2.75) is 19.9 Å². The predicted molar refractivity (Wildman–Crippen MR) is 117 cm³/mol. The summed E-state index contributed by atoms with van der Waals surface area (Å²) in [4.78, 5) is 27.5. The first kappa shape index (κ1) is 21.2. The maximum atomic E-state index is 13.2. The highest BCUT2D eigenvalue weighted by atomic mass is 16.5. The predicted octanol–water partition coefficient (Wildman–Crippen LogP) is 3.93. The van der Waals surface area contributed by atoms with Gasteiger partial charge in [-0.1, -0.05) is 23.4 Å². The van der Waals surface area contributed by atoms with Crippen molar-refractivity contribution < 1.29 is 28.7 Å². The summed E-state index contributed by atoms with van der Waals surface area (Å²) in [6.45, 7) is 3.51. The van der Waals surface area contributed by atoms with Crippen LogP contribution in [0.15, 0.2) is 58.6 Å². The minimum atomic E-state index is -0.960. The summed E-state index contributed by atoms with van der Waals surface area (Å²) in [7, 11) is 3.05. The van der Waals surface area contributed by atoms with Gasteiger partial charge < -0.3 is 19.1 Å². The molecular weight excluding hydrogens is 412 g/mol. The molecule has 32 heavy (non-hydrogen) atoms. The van der Waals surface area contributed by atoms with Crippen molar-refractivity contribution in [1.29, 1.82) is 0 Å². The highest BCUT2D eigenvalue weighted by Crippen LogP contribution is 2.44. The molecule has 8 heteroatoms. The van der Waals surface area contributed by atoms with Gasteiger partial charge >= 0.3 is 5.91 Å². The largest absolute Gasteiger partial charge is 0.507 e. The molecular formula is C24H22N2O6. The quantitative estimate of drug-likeness (QED) is 0.369. The van der Waals surface area contributed by atoms with E-state index < -0.39 is 17.7 Å². The zero-order valence-electron chi connectivity index (χ0n) is 18.1. The van der Waals surface area contributed by atoms with E-state index in [0.29, 0.717) is 28.4 Å². The third-order valence-corrected chi connectivity index (χ3v) is 5.41. The van der Waals surface area contributed by atoms with Crippen LogP contribution in [0.3, 0.4) is 0 Å². The second kappa shape index (κ2) is 8.22. The van der Waals surface area contributed by atoms with Crippen molar-refractivity contribution in [2.24, 2.45) is 0 Å². The molecule has 0 unspecified atom stereocenters. The van der Waals surface area contributed by atoms with Crippen LogP contribution in [-0.4, -0.2) is 36.2 Å².